The lowest BCUT2D eigenvalue weighted by Crippen LogP contribution is -2.36. The van der Waals surface area contributed by atoms with Crippen LogP contribution in [0.25, 0.3) is 11.0 Å². The van der Waals surface area contributed by atoms with Crippen molar-refractivity contribution in [3.8, 4) is 5.75 Å². The minimum absolute atomic E-state index is 0.370. The summed E-state index contributed by atoms with van der Waals surface area (Å²) in [6, 6.07) is 12.1. The van der Waals surface area contributed by atoms with Crippen molar-refractivity contribution < 1.29 is 23.8 Å². The molecule has 3 rings (SSSR count). The molecule has 1 atom stereocenters. The number of hydrogen-bond donors (Lipinski definition) is 2. The number of hydrogen-bond acceptors (Lipinski definition) is 5. The predicted molar refractivity (Wildman–Crippen MR) is 107 cm³/mol. The highest BCUT2D eigenvalue weighted by atomic mass is 16.5. The molecule has 150 valence electrons. The fourth-order valence-corrected chi connectivity index (χ4v) is 3.08. The zero-order valence-corrected chi connectivity index (χ0v) is 16.1. The smallest absolute Gasteiger partial charge is 0.336 e. The van der Waals surface area contributed by atoms with E-state index in [0.717, 1.165) is 16.5 Å². The average molecular weight is 395 g/mol. The van der Waals surface area contributed by atoms with Gasteiger partial charge in [-0.3, -0.25) is 4.79 Å². The molecule has 0 bridgehead atoms. The number of amides is 1. The van der Waals surface area contributed by atoms with E-state index in [1.807, 2.05) is 19.9 Å². The van der Waals surface area contributed by atoms with Gasteiger partial charge in [0.2, 0.25) is 0 Å². The Morgan fingerprint density at radius 3 is 2.55 bits per heavy atom. The molecule has 3 aromatic rings. The van der Waals surface area contributed by atoms with E-state index in [0.29, 0.717) is 23.3 Å². The first kappa shape index (κ1) is 20.1. The van der Waals surface area contributed by atoms with Crippen molar-refractivity contribution in [2.45, 2.75) is 26.3 Å². The van der Waals surface area contributed by atoms with Crippen LogP contribution < -0.4 is 15.7 Å². The van der Waals surface area contributed by atoms with Crippen molar-refractivity contribution in [3.63, 3.8) is 0 Å². The second-order valence-electron chi connectivity index (χ2n) is 6.60. The van der Waals surface area contributed by atoms with Gasteiger partial charge in [0.05, 0.1) is 0 Å². The van der Waals surface area contributed by atoms with Crippen LogP contribution >= 0.6 is 0 Å². The third-order valence-corrected chi connectivity index (χ3v) is 4.56. The van der Waals surface area contributed by atoms with Gasteiger partial charge in [0.1, 0.15) is 11.3 Å². The zero-order chi connectivity index (χ0) is 21.0. The molecule has 0 saturated heterocycles. The van der Waals surface area contributed by atoms with Gasteiger partial charge >= 0.3 is 11.6 Å². The van der Waals surface area contributed by atoms with E-state index in [2.05, 4.69) is 5.32 Å². The molecule has 1 amide bonds. The number of carbonyl (C=O) groups is 2. The number of ether oxygens (including phenoxy) is 1. The molecule has 2 aromatic carbocycles. The Labute approximate surface area is 166 Å². The topological polar surface area (TPSA) is 106 Å². The first-order chi connectivity index (χ1) is 13.9. The van der Waals surface area contributed by atoms with Gasteiger partial charge in [-0.2, -0.15) is 0 Å². The Balaban J connectivity index is 1.78. The van der Waals surface area contributed by atoms with Gasteiger partial charge in [0, 0.05) is 17.5 Å². The molecule has 0 saturated carbocycles. The summed E-state index contributed by atoms with van der Waals surface area (Å²) in [4.78, 5) is 35.5. The predicted octanol–water partition coefficient (Wildman–Crippen LogP) is 2.98. The van der Waals surface area contributed by atoms with Gasteiger partial charge in [-0.05, 0) is 36.1 Å². The number of fused-ring (bicyclic) bond motifs is 1. The van der Waals surface area contributed by atoms with Gasteiger partial charge in [0.25, 0.3) is 5.91 Å². The number of nitrogens with one attached hydrogen (secondary N) is 1. The van der Waals surface area contributed by atoms with Gasteiger partial charge in [0.15, 0.2) is 12.6 Å². The summed E-state index contributed by atoms with van der Waals surface area (Å²) in [5, 5.41) is 12.7. The van der Waals surface area contributed by atoms with Crippen molar-refractivity contribution in [2.24, 2.45) is 0 Å². The fraction of sp³-hybridized carbons (Fsp3) is 0.227. The Hall–Kier alpha value is -3.61. The quantitative estimate of drug-likeness (QED) is 0.596. The van der Waals surface area contributed by atoms with Crippen LogP contribution in [0.2, 0.25) is 0 Å². The highest BCUT2D eigenvalue weighted by Crippen LogP contribution is 2.27. The molecule has 2 N–H and O–H groups in total. The fourth-order valence-electron chi connectivity index (χ4n) is 3.08. The lowest BCUT2D eigenvalue weighted by molar-refractivity contribution is -0.142. The second-order valence-corrected chi connectivity index (χ2v) is 6.60. The number of aliphatic carboxylic acids is 1. The second kappa shape index (κ2) is 8.60. The number of benzene rings is 2. The van der Waals surface area contributed by atoms with Crippen LogP contribution in [0.4, 0.5) is 0 Å². The summed E-state index contributed by atoms with van der Waals surface area (Å²) in [5.41, 5.74) is 2.01. The maximum absolute atomic E-state index is 12.3. The van der Waals surface area contributed by atoms with Crippen molar-refractivity contribution in [2.75, 3.05) is 6.61 Å². The summed E-state index contributed by atoms with van der Waals surface area (Å²) < 4.78 is 10.9. The normalized spacial score (nSPS) is 11.8. The molecule has 1 aromatic heterocycles. The molecular formula is C22H21NO6. The summed E-state index contributed by atoms with van der Waals surface area (Å²) in [6.45, 7) is 3.39. The molecule has 0 aliphatic heterocycles. The highest BCUT2D eigenvalue weighted by Gasteiger charge is 2.22. The molecule has 0 aliphatic rings. The Bertz CT molecular complexity index is 1100. The van der Waals surface area contributed by atoms with E-state index in [1.54, 1.807) is 36.4 Å². The summed E-state index contributed by atoms with van der Waals surface area (Å²) in [6.07, 6.45) is 0.646. The lowest BCUT2D eigenvalue weighted by Gasteiger charge is -2.16. The van der Waals surface area contributed by atoms with Crippen LogP contribution in [0.15, 0.2) is 57.7 Å². The van der Waals surface area contributed by atoms with E-state index >= 15 is 0 Å². The third-order valence-electron chi connectivity index (χ3n) is 4.56. The Morgan fingerprint density at radius 1 is 1.17 bits per heavy atom. The van der Waals surface area contributed by atoms with Crippen LogP contribution in [0.5, 0.6) is 5.75 Å². The largest absolute Gasteiger partial charge is 0.483 e. The highest BCUT2D eigenvalue weighted by molar-refractivity contribution is 5.86. The number of carbonyl (C=O) groups excluding carboxylic acids is 1. The monoisotopic (exact) mass is 395 g/mol. The average Bonchev–Trinajstić information content (AvgIpc) is 2.70. The van der Waals surface area contributed by atoms with E-state index in [9.17, 15) is 19.5 Å². The van der Waals surface area contributed by atoms with Crippen LogP contribution in [0.3, 0.4) is 0 Å². The Morgan fingerprint density at radius 2 is 1.90 bits per heavy atom. The number of carboxylic acid groups (broad SMARTS) is 1. The van der Waals surface area contributed by atoms with Crippen LogP contribution in [-0.2, 0) is 16.0 Å². The number of carboxylic acids is 1. The van der Waals surface area contributed by atoms with Gasteiger partial charge in [-0.25, -0.2) is 9.59 Å². The first-order valence-electron chi connectivity index (χ1n) is 9.16. The van der Waals surface area contributed by atoms with Gasteiger partial charge in [-0.15, -0.1) is 0 Å². The number of aryl methyl sites for hydroxylation is 2. The zero-order valence-electron chi connectivity index (χ0n) is 16.1. The first-order valence-corrected chi connectivity index (χ1v) is 9.16. The van der Waals surface area contributed by atoms with E-state index in [-0.39, 0.29) is 6.61 Å². The van der Waals surface area contributed by atoms with Gasteiger partial charge in [-0.1, -0.05) is 37.3 Å². The van der Waals surface area contributed by atoms with E-state index in [4.69, 9.17) is 9.15 Å². The summed E-state index contributed by atoms with van der Waals surface area (Å²) in [7, 11) is 0. The maximum atomic E-state index is 12.3. The molecule has 0 fully saturated rings. The van der Waals surface area contributed by atoms with Crippen molar-refractivity contribution in [1.82, 2.24) is 5.32 Å². The van der Waals surface area contributed by atoms with Gasteiger partial charge < -0.3 is 19.6 Å². The minimum Gasteiger partial charge on any atom is -0.483 e. The van der Waals surface area contributed by atoms with Crippen LogP contribution in [-0.4, -0.2) is 23.6 Å². The number of rotatable bonds is 7. The lowest BCUT2D eigenvalue weighted by atomic mass is 10.1. The molecule has 7 heteroatoms. The summed E-state index contributed by atoms with van der Waals surface area (Å²) >= 11 is 0. The van der Waals surface area contributed by atoms with E-state index < -0.39 is 23.5 Å². The molecule has 1 heterocycles. The molecular weight excluding hydrogens is 374 g/mol. The Kier molecular flexibility index (Phi) is 5.97. The minimum atomic E-state index is -1.17. The summed E-state index contributed by atoms with van der Waals surface area (Å²) in [5.74, 6) is -1.33. The standard InChI is InChI=1S/C22H21NO6/c1-3-14-10-16-13(2)9-20(25)29-18(16)11-17(14)28-12-19(24)23-21(22(26)27)15-7-5-4-6-8-15/h4-11,21H,3,12H2,1-2H3,(H,23,24)(H,26,27)/t21-/m0/s1. The molecule has 0 spiro atoms. The van der Waals surface area contributed by atoms with Crippen molar-refractivity contribution in [1.29, 1.82) is 0 Å². The van der Waals surface area contributed by atoms with Crippen molar-refractivity contribution in [3.05, 3.63) is 75.6 Å². The van der Waals surface area contributed by atoms with Crippen molar-refractivity contribution >= 4 is 22.8 Å². The molecule has 0 unspecified atom stereocenters. The maximum Gasteiger partial charge on any atom is 0.336 e. The molecule has 0 radical (unpaired) electrons. The van der Waals surface area contributed by atoms with E-state index in [1.165, 1.54) is 6.07 Å². The third kappa shape index (κ3) is 4.63. The van der Waals surface area contributed by atoms with Crippen LogP contribution in [0.1, 0.15) is 29.7 Å². The molecule has 7 nitrogen and oxygen atoms in total. The van der Waals surface area contributed by atoms with Crippen LogP contribution in [0, 0.1) is 6.92 Å². The molecule has 29 heavy (non-hydrogen) atoms. The molecule has 0 aliphatic carbocycles. The SMILES string of the molecule is CCc1cc2c(C)cc(=O)oc2cc1OCC(=O)N[C@H](C(=O)O)c1ccccc1.